The lowest BCUT2D eigenvalue weighted by Gasteiger charge is -2.30. The number of nitrogens with zero attached hydrogens (tertiary/aromatic N) is 2. The number of hydrogen-bond acceptors (Lipinski definition) is 5. The number of anilines is 1. The van der Waals surface area contributed by atoms with Gasteiger partial charge in [-0.25, -0.2) is 4.79 Å². The number of Topliss-reactive ketones (excluding diaryl/α,β-unsaturated/α-hetero) is 1. The molecule has 0 aliphatic rings. The van der Waals surface area contributed by atoms with Gasteiger partial charge in [0.05, 0.1) is 13.0 Å². The number of carbonyl (C=O) groups excluding carboxylic acids is 4. The number of halogens is 1. The molecule has 188 valence electrons. The molecule has 0 aromatic heterocycles. The fourth-order valence-corrected chi connectivity index (χ4v) is 3.92. The molecule has 35 heavy (non-hydrogen) atoms. The molecular formula is C27H33ClN2O5. The van der Waals surface area contributed by atoms with Gasteiger partial charge in [0, 0.05) is 30.4 Å². The molecule has 0 atom stereocenters. The third kappa shape index (κ3) is 7.39. The maximum absolute atomic E-state index is 13.2. The van der Waals surface area contributed by atoms with Crippen LogP contribution in [0.25, 0.3) is 0 Å². The van der Waals surface area contributed by atoms with Crippen LogP contribution < -0.4 is 4.90 Å². The molecule has 0 unspecified atom stereocenters. The van der Waals surface area contributed by atoms with Crippen molar-refractivity contribution in [2.75, 3.05) is 19.0 Å². The Morgan fingerprint density at radius 3 is 2.03 bits per heavy atom. The van der Waals surface area contributed by atoms with Crippen LogP contribution in [-0.2, 0) is 25.7 Å². The molecule has 0 N–H and O–H groups in total. The monoisotopic (exact) mass is 500 g/mol. The van der Waals surface area contributed by atoms with Crippen LogP contribution in [0.2, 0.25) is 5.02 Å². The Kier molecular flexibility index (Phi) is 10.0. The van der Waals surface area contributed by atoms with Crippen molar-refractivity contribution in [2.24, 2.45) is 0 Å². The van der Waals surface area contributed by atoms with Gasteiger partial charge in [0.2, 0.25) is 11.7 Å². The fourth-order valence-electron chi connectivity index (χ4n) is 3.71. The number of hydrogen-bond donors (Lipinski definition) is 0. The van der Waals surface area contributed by atoms with Gasteiger partial charge in [0.1, 0.15) is 5.60 Å². The third-order valence-corrected chi connectivity index (χ3v) is 6.38. The third-order valence-electron chi connectivity index (χ3n) is 6.14. The van der Waals surface area contributed by atoms with E-state index in [4.69, 9.17) is 16.3 Å². The quantitative estimate of drug-likeness (QED) is 0.245. The lowest BCUT2D eigenvalue weighted by atomic mass is 9.94. The largest absolute Gasteiger partial charge is 0.453 e. The van der Waals surface area contributed by atoms with E-state index in [1.54, 1.807) is 56.6 Å². The second-order valence-electron chi connectivity index (χ2n) is 8.59. The number of amides is 2. The van der Waals surface area contributed by atoms with Crippen molar-refractivity contribution in [1.82, 2.24) is 4.90 Å². The first-order valence-electron chi connectivity index (χ1n) is 11.7. The van der Waals surface area contributed by atoms with Crippen molar-refractivity contribution in [2.45, 2.75) is 58.6 Å². The molecule has 2 aromatic rings. The minimum Gasteiger partial charge on any atom is -0.453 e. The maximum atomic E-state index is 13.2. The Morgan fingerprint density at radius 2 is 1.51 bits per heavy atom. The summed E-state index contributed by atoms with van der Waals surface area (Å²) in [5.41, 5.74) is 0.974. The van der Waals surface area contributed by atoms with Crippen molar-refractivity contribution < 1.29 is 23.9 Å². The first-order valence-corrected chi connectivity index (χ1v) is 12.1. The molecular weight excluding hydrogens is 468 g/mol. The zero-order chi connectivity index (χ0) is 26.2. The zero-order valence-electron chi connectivity index (χ0n) is 21.0. The summed E-state index contributed by atoms with van der Waals surface area (Å²) in [4.78, 5) is 53.5. The van der Waals surface area contributed by atoms with E-state index in [2.05, 4.69) is 0 Å². The lowest BCUT2D eigenvalue weighted by molar-refractivity contribution is -0.167. The Morgan fingerprint density at radius 1 is 0.914 bits per heavy atom. The molecule has 0 heterocycles. The summed E-state index contributed by atoms with van der Waals surface area (Å²) in [6, 6.07) is 13.5. The lowest BCUT2D eigenvalue weighted by Crippen LogP contribution is -2.38. The van der Waals surface area contributed by atoms with Crippen LogP contribution in [0.15, 0.2) is 48.5 Å². The van der Waals surface area contributed by atoms with E-state index in [1.807, 2.05) is 26.8 Å². The minimum atomic E-state index is -1.00. The molecule has 7 nitrogen and oxygen atoms in total. The van der Waals surface area contributed by atoms with Crippen molar-refractivity contribution in [3.8, 4) is 0 Å². The smallest absolute Gasteiger partial charge is 0.375 e. The number of ether oxygens (including phenoxy) is 1. The molecule has 8 heteroatoms. The Bertz CT molecular complexity index is 1050. The van der Waals surface area contributed by atoms with E-state index in [0.29, 0.717) is 35.5 Å². The van der Waals surface area contributed by atoms with Crippen LogP contribution in [0.1, 0.15) is 62.4 Å². The van der Waals surface area contributed by atoms with Gasteiger partial charge in [-0.2, -0.15) is 0 Å². The van der Waals surface area contributed by atoms with Crippen LogP contribution in [0.5, 0.6) is 0 Å². The van der Waals surface area contributed by atoms with Crippen LogP contribution in [0.4, 0.5) is 5.69 Å². The van der Waals surface area contributed by atoms with Crippen LogP contribution >= 0.6 is 11.6 Å². The van der Waals surface area contributed by atoms with E-state index in [9.17, 15) is 19.2 Å². The molecule has 0 aliphatic heterocycles. The molecule has 0 radical (unpaired) electrons. The second kappa shape index (κ2) is 12.5. The average molecular weight is 501 g/mol. The number of carbonyl (C=O) groups is 4. The van der Waals surface area contributed by atoms with Gasteiger partial charge in [0.15, 0.2) is 0 Å². The van der Waals surface area contributed by atoms with E-state index in [0.717, 1.165) is 5.56 Å². The first-order chi connectivity index (χ1) is 16.6. The van der Waals surface area contributed by atoms with Gasteiger partial charge in [-0.15, -0.1) is 0 Å². The van der Waals surface area contributed by atoms with Gasteiger partial charge in [-0.3, -0.25) is 14.4 Å². The summed E-state index contributed by atoms with van der Waals surface area (Å²) >= 11 is 6.11. The van der Waals surface area contributed by atoms with Crippen LogP contribution in [0, 0.1) is 0 Å². The predicted octanol–water partition coefficient (Wildman–Crippen LogP) is 5.05. The summed E-state index contributed by atoms with van der Waals surface area (Å²) < 4.78 is 5.51. The standard InChI is InChI=1S/C27H33ClN2O5/c1-6-27(7-2,8-3)35-26(34)23(31)17-24(32)30(18-19-10-9-11-21(28)16-19)22-14-12-20(13-15-22)25(33)29(4)5/h9-16H,6-8,17-18H2,1-5H3. The van der Waals surface area contributed by atoms with Crippen LogP contribution in [-0.4, -0.2) is 48.2 Å². The molecule has 2 amide bonds. The predicted molar refractivity (Wildman–Crippen MR) is 136 cm³/mol. The highest BCUT2D eigenvalue weighted by Crippen LogP contribution is 2.25. The van der Waals surface area contributed by atoms with Crippen molar-refractivity contribution in [3.05, 3.63) is 64.7 Å². The molecule has 0 aliphatic carbocycles. The number of esters is 1. The minimum absolute atomic E-state index is 0.130. The Hall–Kier alpha value is -3.19. The summed E-state index contributed by atoms with van der Waals surface area (Å²) in [5, 5.41) is 0.511. The van der Waals surface area contributed by atoms with Gasteiger partial charge >= 0.3 is 5.97 Å². The zero-order valence-corrected chi connectivity index (χ0v) is 21.7. The van der Waals surface area contributed by atoms with Gasteiger partial charge in [-0.05, 0) is 61.2 Å². The van der Waals surface area contributed by atoms with E-state index < -0.39 is 29.7 Å². The topological polar surface area (TPSA) is 84.0 Å². The maximum Gasteiger partial charge on any atom is 0.375 e. The summed E-state index contributed by atoms with van der Waals surface area (Å²) in [6.45, 7) is 5.82. The molecule has 2 aromatic carbocycles. The highest BCUT2D eigenvalue weighted by Gasteiger charge is 2.33. The summed E-state index contributed by atoms with van der Waals surface area (Å²) in [7, 11) is 3.31. The molecule has 0 saturated carbocycles. The van der Waals surface area contributed by atoms with Crippen molar-refractivity contribution in [1.29, 1.82) is 0 Å². The number of benzene rings is 2. The van der Waals surface area contributed by atoms with Gasteiger partial charge < -0.3 is 14.5 Å². The van der Waals surface area contributed by atoms with Crippen molar-refractivity contribution in [3.63, 3.8) is 0 Å². The normalized spacial score (nSPS) is 11.0. The molecule has 0 spiro atoms. The van der Waals surface area contributed by atoms with E-state index >= 15 is 0 Å². The summed E-state index contributed by atoms with van der Waals surface area (Å²) in [5.74, 6) is -2.63. The Balaban J connectivity index is 2.29. The van der Waals surface area contributed by atoms with E-state index in [1.165, 1.54) is 9.80 Å². The molecule has 0 bridgehead atoms. The summed E-state index contributed by atoms with van der Waals surface area (Å²) in [6.07, 6.45) is 1.09. The van der Waals surface area contributed by atoms with Gasteiger partial charge in [0.25, 0.3) is 5.91 Å². The highest BCUT2D eigenvalue weighted by atomic mass is 35.5. The highest BCUT2D eigenvalue weighted by molar-refractivity contribution is 6.37. The SMILES string of the molecule is CCC(CC)(CC)OC(=O)C(=O)CC(=O)N(Cc1cccc(Cl)c1)c1ccc(C(=O)N(C)C)cc1. The van der Waals surface area contributed by atoms with Crippen molar-refractivity contribution >= 4 is 40.9 Å². The van der Waals surface area contributed by atoms with E-state index in [-0.39, 0.29) is 12.5 Å². The number of ketones is 1. The van der Waals surface area contributed by atoms with Gasteiger partial charge in [-0.1, -0.05) is 44.5 Å². The Labute approximate surface area is 212 Å². The average Bonchev–Trinajstić information content (AvgIpc) is 2.85. The molecule has 0 fully saturated rings. The van der Waals surface area contributed by atoms with Crippen LogP contribution in [0.3, 0.4) is 0 Å². The second-order valence-corrected chi connectivity index (χ2v) is 9.03. The number of rotatable bonds is 11. The fraction of sp³-hybridized carbons (Fsp3) is 0.407. The molecule has 0 saturated heterocycles. The first kappa shape index (κ1) is 28.1. The molecule has 2 rings (SSSR count).